The molecule has 1 saturated heterocycles. The summed E-state index contributed by atoms with van der Waals surface area (Å²) in [6.07, 6.45) is -4.90. The molecular formula is C14H16BrNO6. The van der Waals surface area contributed by atoms with Gasteiger partial charge in [0.15, 0.2) is 0 Å². The SMILES string of the molecule is OC[C@H]1O[C@H](Oc2c[nH]c3ccc(Br)cc23)[C@H](O)[C@H](O)[C@@H]1O. The number of hydrogen-bond acceptors (Lipinski definition) is 6. The van der Waals surface area contributed by atoms with E-state index in [4.69, 9.17) is 9.47 Å². The predicted octanol–water partition coefficient (Wildman–Crippen LogP) is 0.109. The molecule has 5 atom stereocenters. The summed E-state index contributed by atoms with van der Waals surface area (Å²) in [6, 6.07) is 5.57. The van der Waals surface area contributed by atoms with Gasteiger partial charge in [-0.2, -0.15) is 0 Å². The Kier molecular flexibility index (Phi) is 4.40. The minimum atomic E-state index is -1.46. The van der Waals surface area contributed by atoms with Gasteiger partial charge in [-0.05, 0) is 18.2 Å². The van der Waals surface area contributed by atoms with Gasteiger partial charge < -0.3 is 34.9 Å². The summed E-state index contributed by atoms with van der Waals surface area (Å²) < 4.78 is 11.8. The molecule has 3 rings (SSSR count). The lowest BCUT2D eigenvalue weighted by atomic mass is 9.99. The number of rotatable bonds is 3. The van der Waals surface area contributed by atoms with Crippen LogP contribution in [0.2, 0.25) is 0 Å². The molecule has 0 aliphatic carbocycles. The van der Waals surface area contributed by atoms with Crippen LogP contribution in [0.15, 0.2) is 28.9 Å². The molecule has 2 heterocycles. The topological polar surface area (TPSA) is 115 Å². The number of aromatic nitrogens is 1. The van der Waals surface area contributed by atoms with Crippen LogP contribution in [0.1, 0.15) is 0 Å². The number of nitrogens with one attached hydrogen (secondary N) is 1. The summed E-state index contributed by atoms with van der Waals surface area (Å²) in [5.41, 5.74) is 0.836. The third-order valence-corrected chi connectivity index (χ3v) is 4.19. The third kappa shape index (κ3) is 2.73. The van der Waals surface area contributed by atoms with E-state index in [1.165, 1.54) is 0 Å². The van der Waals surface area contributed by atoms with Crippen molar-refractivity contribution in [2.75, 3.05) is 6.61 Å². The zero-order chi connectivity index (χ0) is 15.9. The lowest BCUT2D eigenvalue weighted by Gasteiger charge is -2.39. The number of H-pyrrole nitrogens is 1. The van der Waals surface area contributed by atoms with Crippen LogP contribution in [-0.2, 0) is 4.74 Å². The van der Waals surface area contributed by atoms with Gasteiger partial charge in [0.25, 0.3) is 0 Å². The van der Waals surface area contributed by atoms with Crippen molar-refractivity contribution in [3.8, 4) is 5.75 Å². The number of fused-ring (bicyclic) bond motifs is 1. The Morgan fingerprint density at radius 3 is 2.68 bits per heavy atom. The van der Waals surface area contributed by atoms with Crippen LogP contribution in [0.25, 0.3) is 10.9 Å². The average Bonchev–Trinajstić information content (AvgIpc) is 2.90. The van der Waals surface area contributed by atoms with Gasteiger partial charge in [0.1, 0.15) is 30.2 Å². The lowest BCUT2D eigenvalue weighted by molar-refractivity contribution is -0.277. The summed E-state index contributed by atoms with van der Waals surface area (Å²) in [7, 11) is 0. The van der Waals surface area contributed by atoms with Gasteiger partial charge in [-0.1, -0.05) is 15.9 Å². The standard InChI is InChI=1S/C14H16BrNO6/c15-6-1-2-8-7(3-6)9(4-16-8)21-14-13(20)12(19)11(18)10(5-17)22-14/h1-4,10-14,16-20H,5H2/t10-,11-,12-,13-,14+/m1/s1. The largest absolute Gasteiger partial charge is 0.460 e. The molecule has 0 saturated carbocycles. The number of halogens is 1. The Labute approximate surface area is 134 Å². The Morgan fingerprint density at radius 1 is 1.18 bits per heavy atom. The summed E-state index contributed by atoms with van der Waals surface area (Å²) in [4.78, 5) is 3.02. The Balaban J connectivity index is 1.85. The van der Waals surface area contributed by atoms with E-state index in [0.29, 0.717) is 5.75 Å². The van der Waals surface area contributed by atoms with E-state index in [1.807, 2.05) is 18.2 Å². The van der Waals surface area contributed by atoms with Crippen LogP contribution in [0.4, 0.5) is 0 Å². The van der Waals surface area contributed by atoms with Crippen molar-refractivity contribution in [1.82, 2.24) is 4.98 Å². The van der Waals surface area contributed by atoms with E-state index in [1.54, 1.807) is 6.20 Å². The molecule has 2 aromatic rings. The van der Waals surface area contributed by atoms with E-state index in [9.17, 15) is 20.4 Å². The number of hydrogen-bond donors (Lipinski definition) is 5. The molecule has 0 unspecified atom stereocenters. The van der Waals surface area contributed by atoms with Crippen LogP contribution >= 0.6 is 15.9 Å². The third-order valence-electron chi connectivity index (χ3n) is 3.70. The quantitative estimate of drug-likeness (QED) is 0.521. The highest BCUT2D eigenvalue weighted by Crippen LogP contribution is 2.31. The fourth-order valence-electron chi connectivity index (χ4n) is 2.45. The molecule has 1 aromatic carbocycles. The minimum Gasteiger partial charge on any atom is -0.460 e. The second-order valence-electron chi connectivity index (χ2n) is 5.16. The molecule has 1 fully saturated rings. The highest BCUT2D eigenvalue weighted by molar-refractivity contribution is 9.10. The van der Waals surface area contributed by atoms with E-state index < -0.39 is 37.3 Å². The van der Waals surface area contributed by atoms with Crippen LogP contribution in [0, 0.1) is 0 Å². The molecule has 8 heteroatoms. The minimum absolute atomic E-state index is 0.431. The zero-order valence-electron chi connectivity index (χ0n) is 11.4. The molecule has 1 aromatic heterocycles. The number of aromatic amines is 1. The van der Waals surface area contributed by atoms with Gasteiger partial charge >= 0.3 is 0 Å². The zero-order valence-corrected chi connectivity index (χ0v) is 13.0. The first-order valence-electron chi connectivity index (χ1n) is 6.75. The van der Waals surface area contributed by atoms with Crippen molar-refractivity contribution in [3.63, 3.8) is 0 Å². The predicted molar refractivity (Wildman–Crippen MR) is 80.4 cm³/mol. The Bertz CT molecular complexity index is 660. The van der Waals surface area contributed by atoms with Gasteiger partial charge in [0, 0.05) is 21.6 Å². The highest BCUT2D eigenvalue weighted by atomic mass is 79.9. The van der Waals surface area contributed by atoms with Crippen molar-refractivity contribution < 1.29 is 29.9 Å². The Morgan fingerprint density at radius 2 is 1.95 bits per heavy atom. The number of aliphatic hydroxyl groups excluding tert-OH is 4. The summed E-state index contributed by atoms with van der Waals surface area (Å²) in [6.45, 7) is -0.496. The smallest absolute Gasteiger partial charge is 0.229 e. The van der Waals surface area contributed by atoms with Crippen molar-refractivity contribution in [1.29, 1.82) is 0 Å². The molecule has 0 bridgehead atoms. The van der Waals surface area contributed by atoms with Gasteiger partial charge in [-0.25, -0.2) is 0 Å². The first-order valence-corrected chi connectivity index (χ1v) is 7.54. The second-order valence-corrected chi connectivity index (χ2v) is 6.07. The van der Waals surface area contributed by atoms with Crippen LogP contribution in [0.3, 0.4) is 0 Å². The molecular weight excluding hydrogens is 358 g/mol. The molecule has 22 heavy (non-hydrogen) atoms. The van der Waals surface area contributed by atoms with E-state index in [0.717, 1.165) is 15.4 Å². The number of aliphatic hydroxyl groups is 4. The normalized spacial score (nSPS) is 32.3. The molecule has 0 spiro atoms. The fourth-order valence-corrected chi connectivity index (χ4v) is 2.82. The summed E-state index contributed by atoms with van der Waals surface area (Å²) in [5, 5.41) is 39.4. The highest BCUT2D eigenvalue weighted by Gasteiger charge is 2.44. The number of benzene rings is 1. The first-order chi connectivity index (χ1) is 10.5. The average molecular weight is 374 g/mol. The lowest BCUT2D eigenvalue weighted by Crippen LogP contribution is -2.60. The van der Waals surface area contributed by atoms with Gasteiger partial charge in [-0.15, -0.1) is 0 Å². The fraction of sp³-hybridized carbons (Fsp3) is 0.429. The van der Waals surface area contributed by atoms with E-state index >= 15 is 0 Å². The molecule has 0 amide bonds. The van der Waals surface area contributed by atoms with Crippen LogP contribution in [-0.4, -0.2) is 62.7 Å². The van der Waals surface area contributed by atoms with E-state index in [2.05, 4.69) is 20.9 Å². The maximum atomic E-state index is 9.99. The molecule has 5 N–H and O–H groups in total. The summed E-state index contributed by atoms with van der Waals surface area (Å²) in [5.74, 6) is 0.431. The second kappa shape index (κ2) is 6.15. The number of ether oxygens (including phenoxy) is 2. The van der Waals surface area contributed by atoms with Gasteiger partial charge in [-0.3, -0.25) is 0 Å². The van der Waals surface area contributed by atoms with Crippen molar-refractivity contribution >= 4 is 26.8 Å². The van der Waals surface area contributed by atoms with Crippen molar-refractivity contribution in [2.24, 2.45) is 0 Å². The maximum Gasteiger partial charge on any atom is 0.229 e. The molecule has 0 radical (unpaired) electrons. The van der Waals surface area contributed by atoms with Gasteiger partial charge in [0.2, 0.25) is 6.29 Å². The maximum absolute atomic E-state index is 9.99. The molecule has 120 valence electrons. The molecule has 7 nitrogen and oxygen atoms in total. The van der Waals surface area contributed by atoms with Gasteiger partial charge in [0.05, 0.1) is 6.61 Å². The molecule has 1 aliphatic heterocycles. The summed E-state index contributed by atoms with van der Waals surface area (Å²) >= 11 is 3.37. The monoisotopic (exact) mass is 373 g/mol. The van der Waals surface area contributed by atoms with Crippen molar-refractivity contribution in [2.45, 2.75) is 30.7 Å². The van der Waals surface area contributed by atoms with Crippen LogP contribution in [0.5, 0.6) is 5.75 Å². The Hall–Kier alpha value is -1.16. The molecule has 1 aliphatic rings. The van der Waals surface area contributed by atoms with Crippen LogP contribution < -0.4 is 4.74 Å². The van der Waals surface area contributed by atoms with Crippen molar-refractivity contribution in [3.05, 3.63) is 28.9 Å². The first kappa shape index (κ1) is 15.7. The van der Waals surface area contributed by atoms with E-state index in [-0.39, 0.29) is 0 Å².